The number of hydrogen-bond donors (Lipinski definition) is 1. The number of rotatable bonds is 3. The normalized spacial score (nSPS) is 18.8. The van der Waals surface area contributed by atoms with Crippen molar-refractivity contribution in [2.75, 3.05) is 13.1 Å². The standard InChI is InChI=1S/C20H18FN5O.2ClH/c21-14-12-22-10-9-16(14)27-17-5-3-4-13-7-8-15(23-19(13)17)20-25-24-18-6-1-2-11-26(18)20;;/h1-8,11,14,16,22H,9-10,12H2;2*1H/t14-,16+;;/m1../s1. The van der Waals surface area contributed by atoms with Crippen molar-refractivity contribution in [3.8, 4) is 17.3 Å². The molecule has 0 radical (unpaired) electrons. The monoisotopic (exact) mass is 435 g/mol. The average Bonchev–Trinajstić information content (AvgIpc) is 3.14. The molecule has 0 spiro atoms. The molecular weight excluding hydrogens is 416 g/mol. The maximum absolute atomic E-state index is 14.2. The van der Waals surface area contributed by atoms with Gasteiger partial charge in [0.2, 0.25) is 0 Å². The molecule has 0 bridgehead atoms. The lowest BCUT2D eigenvalue weighted by molar-refractivity contribution is 0.0742. The Bertz CT molecular complexity index is 1120. The second-order valence-corrected chi connectivity index (χ2v) is 6.64. The fraction of sp³-hybridized carbons (Fsp3) is 0.250. The number of nitrogens with one attached hydrogen (secondary N) is 1. The third kappa shape index (κ3) is 3.99. The van der Waals surface area contributed by atoms with Gasteiger partial charge in [0.15, 0.2) is 11.5 Å². The van der Waals surface area contributed by atoms with E-state index in [0.29, 0.717) is 35.8 Å². The van der Waals surface area contributed by atoms with Crippen molar-refractivity contribution in [1.29, 1.82) is 0 Å². The zero-order valence-corrected chi connectivity index (χ0v) is 17.0. The highest BCUT2D eigenvalue weighted by Gasteiger charge is 2.27. The van der Waals surface area contributed by atoms with E-state index in [4.69, 9.17) is 9.72 Å². The first kappa shape index (κ1) is 21.2. The van der Waals surface area contributed by atoms with Crippen LogP contribution in [0.1, 0.15) is 6.42 Å². The molecule has 3 aromatic heterocycles. The minimum absolute atomic E-state index is 0. The zero-order valence-electron chi connectivity index (χ0n) is 15.4. The van der Waals surface area contributed by atoms with E-state index in [9.17, 15) is 4.39 Å². The molecule has 0 aliphatic carbocycles. The number of nitrogens with zero attached hydrogens (tertiary/aromatic N) is 4. The number of pyridine rings is 2. The Hall–Kier alpha value is -2.48. The van der Waals surface area contributed by atoms with E-state index in [0.717, 1.165) is 17.6 Å². The van der Waals surface area contributed by atoms with E-state index < -0.39 is 12.3 Å². The number of aromatic nitrogens is 4. The number of benzene rings is 1. The van der Waals surface area contributed by atoms with Gasteiger partial charge in [0.25, 0.3) is 0 Å². The summed E-state index contributed by atoms with van der Waals surface area (Å²) >= 11 is 0. The fourth-order valence-electron chi connectivity index (χ4n) is 3.45. The van der Waals surface area contributed by atoms with E-state index in [1.165, 1.54) is 0 Å². The van der Waals surface area contributed by atoms with Gasteiger partial charge in [-0.1, -0.05) is 24.3 Å². The predicted octanol–water partition coefficient (Wildman–Crippen LogP) is 3.87. The molecule has 2 atom stereocenters. The van der Waals surface area contributed by atoms with Crippen molar-refractivity contribution in [3.63, 3.8) is 0 Å². The maximum atomic E-state index is 14.2. The Morgan fingerprint density at radius 1 is 1.03 bits per heavy atom. The molecule has 5 rings (SSSR count). The number of piperidine rings is 1. The zero-order chi connectivity index (χ0) is 18.2. The molecule has 1 saturated heterocycles. The van der Waals surface area contributed by atoms with Gasteiger partial charge in [-0.15, -0.1) is 35.0 Å². The number of ether oxygens (including phenoxy) is 1. The van der Waals surface area contributed by atoms with Crippen LogP contribution in [-0.2, 0) is 0 Å². The molecule has 1 aromatic carbocycles. The molecular formula is C20H20Cl2FN5O. The number of para-hydroxylation sites is 1. The second kappa shape index (κ2) is 8.90. The summed E-state index contributed by atoms with van der Waals surface area (Å²) in [4.78, 5) is 4.77. The van der Waals surface area contributed by atoms with Gasteiger partial charge in [-0.3, -0.25) is 4.40 Å². The van der Waals surface area contributed by atoms with Crippen LogP contribution in [0.3, 0.4) is 0 Å². The fourth-order valence-corrected chi connectivity index (χ4v) is 3.45. The smallest absolute Gasteiger partial charge is 0.187 e. The number of alkyl halides is 1. The van der Waals surface area contributed by atoms with Crippen molar-refractivity contribution in [2.24, 2.45) is 0 Å². The van der Waals surface area contributed by atoms with Crippen LogP contribution in [0.25, 0.3) is 28.1 Å². The highest BCUT2D eigenvalue weighted by molar-refractivity contribution is 5.86. The predicted molar refractivity (Wildman–Crippen MR) is 115 cm³/mol. The summed E-state index contributed by atoms with van der Waals surface area (Å²) in [6, 6.07) is 15.3. The average molecular weight is 436 g/mol. The number of fused-ring (bicyclic) bond motifs is 2. The summed E-state index contributed by atoms with van der Waals surface area (Å²) in [6.45, 7) is 1.07. The van der Waals surface area contributed by atoms with Crippen molar-refractivity contribution in [2.45, 2.75) is 18.7 Å². The quantitative estimate of drug-likeness (QED) is 0.529. The lowest BCUT2D eigenvalue weighted by Crippen LogP contribution is -2.44. The molecule has 29 heavy (non-hydrogen) atoms. The van der Waals surface area contributed by atoms with Crippen LogP contribution >= 0.6 is 24.8 Å². The second-order valence-electron chi connectivity index (χ2n) is 6.64. The molecule has 0 saturated carbocycles. The van der Waals surface area contributed by atoms with E-state index in [-0.39, 0.29) is 24.8 Å². The maximum Gasteiger partial charge on any atom is 0.187 e. The van der Waals surface area contributed by atoms with Gasteiger partial charge >= 0.3 is 0 Å². The molecule has 6 nitrogen and oxygen atoms in total. The third-order valence-electron chi connectivity index (χ3n) is 4.85. The topological polar surface area (TPSA) is 64.3 Å². The molecule has 0 unspecified atom stereocenters. The van der Waals surface area contributed by atoms with Crippen LogP contribution in [0.5, 0.6) is 5.75 Å². The molecule has 152 valence electrons. The Kier molecular flexibility index (Phi) is 6.52. The lowest BCUT2D eigenvalue weighted by Gasteiger charge is -2.27. The number of halogens is 3. The summed E-state index contributed by atoms with van der Waals surface area (Å²) < 4.78 is 22.1. The van der Waals surface area contributed by atoms with E-state index in [1.54, 1.807) is 0 Å². The van der Waals surface area contributed by atoms with Gasteiger partial charge in [0, 0.05) is 18.1 Å². The van der Waals surface area contributed by atoms with Gasteiger partial charge in [-0.25, -0.2) is 9.37 Å². The van der Waals surface area contributed by atoms with Crippen LogP contribution in [-0.4, -0.2) is 44.9 Å². The van der Waals surface area contributed by atoms with Crippen LogP contribution in [0.4, 0.5) is 4.39 Å². The SMILES string of the molecule is Cl.Cl.F[C@@H]1CNCC[C@@H]1Oc1cccc2ccc(-c3nnc4ccccn34)nc12. The summed E-state index contributed by atoms with van der Waals surface area (Å²) in [7, 11) is 0. The molecule has 1 N–H and O–H groups in total. The van der Waals surface area contributed by atoms with Crippen LogP contribution < -0.4 is 10.1 Å². The minimum Gasteiger partial charge on any atom is -0.485 e. The highest BCUT2D eigenvalue weighted by Crippen LogP contribution is 2.29. The summed E-state index contributed by atoms with van der Waals surface area (Å²) in [5.74, 6) is 1.25. The Morgan fingerprint density at radius 3 is 2.79 bits per heavy atom. The van der Waals surface area contributed by atoms with Crippen LogP contribution in [0.2, 0.25) is 0 Å². The summed E-state index contributed by atoms with van der Waals surface area (Å²) in [5.41, 5.74) is 2.15. The third-order valence-corrected chi connectivity index (χ3v) is 4.85. The first-order valence-electron chi connectivity index (χ1n) is 9.01. The first-order chi connectivity index (χ1) is 13.3. The van der Waals surface area contributed by atoms with Gasteiger partial charge < -0.3 is 10.1 Å². The number of hydrogen-bond acceptors (Lipinski definition) is 5. The molecule has 4 heterocycles. The Labute approximate surface area is 179 Å². The first-order valence-corrected chi connectivity index (χ1v) is 9.01. The van der Waals surface area contributed by atoms with Crippen molar-refractivity contribution >= 4 is 41.4 Å². The van der Waals surface area contributed by atoms with Crippen molar-refractivity contribution in [3.05, 3.63) is 54.7 Å². The van der Waals surface area contributed by atoms with Crippen molar-refractivity contribution in [1.82, 2.24) is 24.9 Å². The van der Waals surface area contributed by atoms with Crippen LogP contribution in [0, 0.1) is 0 Å². The highest BCUT2D eigenvalue weighted by atomic mass is 35.5. The summed E-state index contributed by atoms with van der Waals surface area (Å²) in [5, 5.41) is 12.4. The lowest BCUT2D eigenvalue weighted by atomic mass is 10.1. The molecule has 4 aromatic rings. The van der Waals surface area contributed by atoms with E-state index in [2.05, 4.69) is 15.5 Å². The van der Waals surface area contributed by atoms with E-state index >= 15 is 0 Å². The van der Waals surface area contributed by atoms with Crippen molar-refractivity contribution < 1.29 is 9.13 Å². The molecule has 1 aliphatic rings. The van der Waals surface area contributed by atoms with Gasteiger partial charge in [-0.05, 0) is 37.2 Å². The van der Waals surface area contributed by atoms with E-state index in [1.807, 2.05) is 59.1 Å². The van der Waals surface area contributed by atoms with Gasteiger partial charge in [-0.2, -0.15) is 0 Å². The summed E-state index contributed by atoms with van der Waals surface area (Å²) in [6.07, 6.45) is 1.04. The minimum atomic E-state index is -1.03. The molecule has 1 aliphatic heterocycles. The van der Waals surface area contributed by atoms with Crippen LogP contribution in [0.15, 0.2) is 54.7 Å². The van der Waals surface area contributed by atoms with Gasteiger partial charge in [0.05, 0.1) is 0 Å². The Morgan fingerprint density at radius 2 is 1.93 bits per heavy atom. The van der Waals surface area contributed by atoms with Gasteiger partial charge in [0.1, 0.15) is 29.2 Å². The molecule has 0 amide bonds. The molecule has 1 fully saturated rings. The molecule has 9 heteroatoms. The Balaban J connectivity index is 0.00000120. The largest absolute Gasteiger partial charge is 0.485 e.